The van der Waals surface area contributed by atoms with Crippen LogP contribution in [0.4, 0.5) is 4.79 Å². The van der Waals surface area contributed by atoms with Gasteiger partial charge in [-0.05, 0) is 47.0 Å². The zero-order chi connectivity index (χ0) is 16.6. The third-order valence-corrected chi connectivity index (χ3v) is 4.94. The number of ether oxygens (including phenoxy) is 1. The van der Waals surface area contributed by atoms with Gasteiger partial charge in [-0.1, -0.05) is 0 Å². The number of halogens is 1. The van der Waals surface area contributed by atoms with Crippen molar-refractivity contribution in [1.82, 2.24) is 15.5 Å². The lowest BCUT2D eigenvalue weighted by Crippen LogP contribution is -2.55. The molecule has 3 rings (SSSR count). The van der Waals surface area contributed by atoms with Crippen LogP contribution in [0.1, 0.15) is 23.2 Å². The fourth-order valence-corrected chi connectivity index (χ4v) is 3.49. The molecule has 23 heavy (non-hydrogen) atoms. The number of nitrogens with one attached hydrogen (secondary N) is 2. The van der Waals surface area contributed by atoms with Gasteiger partial charge in [-0.2, -0.15) is 0 Å². The van der Waals surface area contributed by atoms with Gasteiger partial charge in [0.15, 0.2) is 0 Å². The number of carbonyl (C=O) groups is 3. The van der Waals surface area contributed by atoms with Crippen LogP contribution in [0, 0.1) is 0 Å². The van der Waals surface area contributed by atoms with Gasteiger partial charge in [0.1, 0.15) is 11.3 Å². The minimum Gasteiger partial charge on any atom is -0.496 e. The normalized spacial score (nSPS) is 19.5. The van der Waals surface area contributed by atoms with E-state index in [2.05, 4.69) is 26.6 Å². The first-order valence-electron chi connectivity index (χ1n) is 7.21. The Kier molecular flexibility index (Phi) is 4.01. The molecule has 2 aliphatic rings. The molecule has 1 aromatic rings. The van der Waals surface area contributed by atoms with Crippen LogP contribution >= 0.6 is 15.9 Å². The summed E-state index contributed by atoms with van der Waals surface area (Å²) >= 11 is 3.37. The number of hydrogen-bond donors (Lipinski definition) is 2. The van der Waals surface area contributed by atoms with E-state index in [9.17, 15) is 14.4 Å². The van der Waals surface area contributed by atoms with Gasteiger partial charge in [0.25, 0.3) is 11.8 Å². The number of nitrogens with zero attached hydrogens (tertiary/aromatic N) is 1. The lowest BCUT2D eigenvalue weighted by atomic mass is 9.87. The van der Waals surface area contributed by atoms with Crippen molar-refractivity contribution in [2.24, 2.45) is 0 Å². The van der Waals surface area contributed by atoms with Crippen LogP contribution in [0.15, 0.2) is 22.7 Å². The third kappa shape index (κ3) is 2.78. The fraction of sp³-hybridized carbons (Fsp3) is 0.400. The van der Waals surface area contributed by atoms with Crippen LogP contribution < -0.4 is 15.4 Å². The Morgan fingerprint density at radius 2 is 2.00 bits per heavy atom. The van der Waals surface area contributed by atoms with Gasteiger partial charge in [0.05, 0.1) is 11.6 Å². The molecule has 2 saturated heterocycles. The highest BCUT2D eigenvalue weighted by molar-refractivity contribution is 9.10. The number of benzene rings is 1. The quantitative estimate of drug-likeness (QED) is 0.755. The molecule has 0 saturated carbocycles. The first-order chi connectivity index (χ1) is 10.9. The molecule has 1 aromatic carbocycles. The molecule has 0 bridgehead atoms. The Labute approximate surface area is 141 Å². The molecule has 0 aromatic heterocycles. The van der Waals surface area contributed by atoms with E-state index >= 15 is 0 Å². The largest absolute Gasteiger partial charge is 0.496 e. The maximum atomic E-state index is 12.6. The van der Waals surface area contributed by atoms with Crippen molar-refractivity contribution >= 4 is 33.8 Å². The van der Waals surface area contributed by atoms with Crippen LogP contribution in [0.25, 0.3) is 0 Å². The molecule has 2 heterocycles. The molecule has 4 amide bonds. The number of likely N-dealkylation sites (tertiary alicyclic amines) is 1. The molecular weight excluding hydrogens is 366 g/mol. The second-order valence-corrected chi connectivity index (χ2v) is 6.49. The summed E-state index contributed by atoms with van der Waals surface area (Å²) in [6.07, 6.45) is 0.821. The number of carbonyl (C=O) groups excluding carboxylic acids is 3. The van der Waals surface area contributed by atoms with E-state index in [0.29, 0.717) is 41.7 Å². The number of piperidine rings is 1. The number of imide groups is 1. The number of urea groups is 1. The zero-order valence-corrected chi connectivity index (χ0v) is 14.1. The van der Waals surface area contributed by atoms with Gasteiger partial charge in [0.2, 0.25) is 0 Å². The van der Waals surface area contributed by atoms with E-state index in [-0.39, 0.29) is 11.8 Å². The summed E-state index contributed by atoms with van der Waals surface area (Å²) in [5.41, 5.74) is -0.317. The molecule has 2 fully saturated rings. The van der Waals surface area contributed by atoms with Crippen molar-refractivity contribution in [3.05, 3.63) is 28.2 Å². The maximum absolute atomic E-state index is 12.6. The van der Waals surface area contributed by atoms with Crippen molar-refractivity contribution in [2.75, 3.05) is 20.2 Å². The predicted molar refractivity (Wildman–Crippen MR) is 85.2 cm³/mol. The van der Waals surface area contributed by atoms with Gasteiger partial charge < -0.3 is 15.0 Å². The molecule has 0 unspecified atom stereocenters. The topological polar surface area (TPSA) is 87.7 Å². The SMILES string of the molecule is COc1ccc(C(=O)N2CCC3(CC2)NC(=O)NC3=O)cc1Br. The second-order valence-electron chi connectivity index (χ2n) is 5.63. The summed E-state index contributed by atoms with van der Waals surface area (Å²) in [4.78, 5) is 37.5. The molecule has 1 spiro atoms. The Balaban J connectivity index is 1.70. The van der Waals surface area contributed by atoms with Crippen LogP contribution in [0.5, 0.6) is 5.75 Å². The van der Waals surface area contributed by atoms with E-state index in [1.807, 2.05) is 0 Å². The minimum atomic E-state index is -0.867. The molecule has 122 valence electrons. The summed E-state index contributed by atoms with van der Waals surface area (Å²) in [6.45, 7) is 0.826. The highest BCUT2D eigenvalue weighted by Crippen LogP contribution is 2.29. The summed E-state index contributed by atoms with van der Waals surface area (Å²) in [5.74, 6) is 0.249. The average Bonchev–Trinajstić information content (AvgIpc) is 2.81. The van der Waals surface area contributed by atoms with Gasteiger partial charge >= 0.3 is 6.03 Å². The Bertz CT molecular complexity index is 683. The smallest absolute Gasteiger partial charge is 0.322 e. The lowest BCUT2D eigenvalue weighted by molar-refractivity contribution is -0.125. The second kappa shape index (κ2) is 5.84. The van der Waals surface area contributed by atoms with Crippen LogP contribution in [-0.2, 0) is 4.79 Å². The minimum absolute atomic E-state index is 0.104. The van der Waals surface area contributed by atoms with Gasteiger partial charge in [-0.25, -0.2) is 4.79 Å². The molecule has 0 radical (unpaired) electrons. The van der Waals surface area contributed by atoms with Gasteiger partial charge in [-0.15, -0.1) is 0 Å². The van der Waals surface area contributed by atoms with Crippen LogP contribution in [0.3, 0.4) is 0 Å². The van der Waals surface area contributed by atoms with E-state index in [0.717, 1.165) is 0 Å². The Morgan fingerprint density at radius 1 is 1.30 bits per heavy atom. The number of rotatable bonds is 2. The van der Waals surface area contributed by atoms with Gasteiger partial charge in [-0.3, -0.25) is 14.9 Å². The van der Waals surface area contributed by atoms with E-state index in [4.69, 9.17) is 4.74 Å². The maximum Gasteiger partial charge on any atom is 0.322 e. The van der Waals surface area contributed by atoms with E-state index < -0.39 is 11.6 Å². The van der Waals surface area contributed by atoms with Crippen molar-refractivity contribution in [1.29, 1.82) is 0 Å². The summed E-state index contributed by atoms with van der Waals surface area (Å²) in [5, 5.41) is 4.94. The van der Waals surface area contributed by atoms with Crippen LogP contribution in [0.2, 0.25) is 0 Å². The molecule has 8 heteroatoms. The third-order valence-electron chi connectivity index (χ3n) is 4.32. The monoisotopic (exact) mass is 381 g/mol. The first-order valence-corrected chi connectivity index (χ1v) is 8.01. The number of methoxy groups -OCH3 is 1. The lowest BCUT2D eigenvalue weighted by Gasteiger charge is -2.37. The van der Waals surface area contributed by atoms with E-state index in [1.54, 1.807) is 30.2 Å². The molecular formula is C15H16BrN3O4. The fourth-order valence-electron chi connectivity index (χ4n) is 2.95. The average molecular weight is 382 g/mol. The zero-order valence-electron chi connectivity index (χ0n) is 12.5. The summed E-state index contributed by atoms with van der Waals surface area (Å²) < 4.78 is 5.86. The van der Waals surface area contributed by atoms with Crippen LogP contribution in [-0.4, -0.2) is 48.5 Å². The van der Waals surface area contributed by atoms with Crippen molar-refractivity contribution < 1.29 is 19.1 Å². The molecule has 2 aliphatic heterocycles. The highest BCUT2D eigenvalue weighted by Gasteiger charge is 2.48. The van der Waals surface area contributed by atoms with Gasteiger partial charge in [0, 0.05) is 18.7 Å². The molecule has 7 nitrogen and oxygen atoms in total. The summed E-state index contributed by atoms with van der Waals surface area (Å²) in [7, 11) is 1.56. The number of amides is 4. The Morgan fingerprint density at radius 3 is 2.52 bits per heavy atom. The van der Waals surface area contributed by atoms with Crippen molar-refractivity contribution in [2.45, 2.75) is 18.4 Å². The number of hydrogen-bond acceptors (Lipinski definition) is 4. The standard InChI is InChI=1S/C15H16BrN3O4/c1-23-11-3-2-9(8-10(11)16)12(20)19-6-4-15(5-7-19)13(21)17-14(22)18-15/h2-3,8H,4-7H2,1H3,(H2,17,18,21,22). The van der Waals surface area contributed by atoms with Crippen molar-refractivity contribution in [3.63, 3.8) is 0 Å². The van der Waals surface area contributed by atoms with Crippen molar-refractivity contribution in [3.8, 4) is 5.75 Å². The van der Waals surface area contributed by atoms with E-state index in [1.165, 1.54) is 0 Å². The summed E-state index contributed by atoms with van der Waals surface area (Å²) in [6, 6.07) is 4.69. The Hall–Kier alpha value is -2.09. The first kappa shape index (κ1) is 15.8. The molecule has 0 aliphatic carbocycles. The highest BCUT2D eigenvalue weighted by atomic mass is 79.9. The molecule has 2 N–H and O–H groups in total. The predicted octanol–water partition coefficient (Wildman–Crippen LogP) is 1.27. The molecule has 0 atom stereocenters.